The average Bonchev–Trinajstić information content (AvgIpc) is 1.87. The van der Waals surface area contributed by atoms with Crippen LogP contribution in [0.5, 0.6) is 0 Å². The molecule has 0 aliphatic carbocycles. The van der Waals surface area contributed by atoms with Crippen LogP contribution in [0.3, 0.4) is 0 Å². The van der Waals surface area contributed by atoms with Crippen molar-refractivity contribution < 1.29 is 14.1 Å². The second kappa shape index (κ2) is 5.39. The first kappa shape index (κ1) is 9.60. The molecule has 7 heteroatoms. The molecular formula is C2H8BNO3S2. The van der Waals surface area contributed by atoms with E-state index in [-0.39, 0.29) is 12.3 Å². The van der Waals surface area contributed by atoms with Crippen molar-refractivity contribution >= 4 is 27.0 Å². The van der Waals surface area contributed by atoms with E-state index in [1.807, 2.05) is 0 Å². The molecular weight excluding hydrogens is 161 g/mol. The molecule has 0 rings (SSSR count). The van der Waals surface area contributed by atoms with Gasteiger partial charge >= 0.3 is 6.76 Å². The van der Waals surface area contributed by atoms with E-state index in [9.17, 15) is 9.11 Å². The molecule has 0 aromatic rings. The highest BCUT2D eigenvalue weighted by molar-refractivity contribution is 8.76. The highest BCUT2D eigenvalue weighted by Crippen LogP contribution is 1.99. The summed E-state index contributed by atoms with van der Waals surface area (Å²) < 4.78 is 21.0. The molecule has 0 saturated heterocycles. The number of hydrogen-bond acceptors (Lipinski definition) is 4. The second-order valence-corrected chi connectivity index (χ2v) is 5.34. The van der Waals surface area contributed by atoms with Crippen molar-refractivity contribution in [2.45, 2.75) is 0 Å². The average molecular weight is 169 g/mol. The third-order valence-electron chi connectivity index (χ3n) is 0.597. The first-order chi connectivity index (χ1) is 4.22. The Hall–Kier alpha value is 0.605. The van der Waals surface area contributed by atoms with Gasteiger partial charge in [0.1, 0.15) is 10.1 Å². The van der Waals surface area contributed by atoms with E-state index in [2.05, 4.69) is 0 Å². The molecule has 3 N–H and O–H groups in total. The third-order valence-corrected chi connectivity index (χ3v) is 3.85. The topological polar surface area (TPSA) is 92.4 Å². The summed E-state index contributed by atoms with van der Waals surface area (Å²) in [5.74, 6) is 0.188. The van der Waals surface area contributed by atoms with Gasteiger partial charge in [-0.25, -0.2) is 0 Å². The molecule has 0 radical (unpaired) electrons. The predicted octanol–water partition coefficient (Wildman–Crippen LogP) is -2.38. The largest absolute Gasteiger partial charge is 0.607 e. The zero-order valence-corrected chi connectivity index (χ0v) is 6.41. The van der Waals surface area contributed by atoms with Gasteiger partial charge < -0.3 is 19.9 Å². The van der Waals surface area contributed by atoms with Crippen LogP contribution in [-0.2, 0) is 20.3 Å². The van der Waals surface area contributed by atoms with Crippen molar-refractivity contribution in [3.8, 4) is 0 Å². The molecule has 0 spiro atoms. The van der Waals surface area contributed by atoms with Gasteiger partial charge in [0, 0.05) is 6.54 Å². The zero-order valence-electron chi connectivity index (χ0n) is 4.78. The van der Waals surface area contributed by atoms with Crippen molar-refractivity contribution in [1.29, 1.82) is 0 Å². The smallest absolute Gasteiger partial charge is 0.589 e. The van der Waals surface area contributed by atoms with Crippen LogP contribution >= 0.6 is 0 Å². The van der Waals surface area contributed by atoms with Crippen LogP contribution in [-0.4, -0.2) is 33.2 Å². The van der Waals surface area contributed by atoms with E-state index >= 15 is 0 Å². The second-order valence-electron chi connectivity index (χ2n) is 1.23. The summed E-state index contributed by atoms with van der Waals surface area (Å²) in [4.78, 5) is 0. The minimum Gasteiger partial charge on any atom is -0.589 e. The van der Waals surface area contributed by atoms with Crippen molar-refractivity contribution in [3.63, 3.8) is 0 Å². The van der Waals surface area contributed by atoms with Crippen molar-refractivity contribution in [1.82, 2.24) is 0 Å². The molecule has 0 aliphatic rings. The molecule has 9 heavy (non-hydrogen) atoms. The van der Waals surface area contributed by atoms with Crippen LogP contribution < -0.4 is 5.73 Å². The maximum atomic E-state index is 10.5. The van der Waals surface area contributed by atoms with Crippen molar-refractivity contribution in [2.75, 3.05) is 12.3 Å². The summed E-state index contributed by atoms with van der Waals surface area (Å²) in [6, 6.07) is 0. The predicted molar refractivity (Wildman–Crippen MR) is 39.6 cm³/mol. The summed E-state index contributed by atoms with van der Waals surface area (Å²) in [6.07, 6.45) is 0. The van der Waals surface area contributed by atoms with Crippen LogP contribution in [0.1, 0.15) is 0 Å². The van der Waals surface area contributed by atoms with Crippen LogP contribution in [0.25, 0.3) is 0 Å². The lowest BCUT2D eigenvalue weighted by Crippen LogP contribution is -2.27. The SMILES string of the molecule is NCC[S+]([O-])[S+]([O-])BO. The van der Waals surface area contributed by atoms with Gasteiger partial charge in [0.2, 0.25) is 0 Å². The molecule has 0 fully saturated rings. The number of nitrogens with two attached hydrogens (primary N) is 1. The molecule has 54 valence electrons. The molecule has 2 unspecified atom stereocenters. The van der Waals surface area contributed by atoms with E-state index in [0.717, 1.165) is 0 Å². The van der Waals surface area contributed by atoms with Gasteiger partial charge in [-0.1, -0.05) is 0 Å². The lowest BCUT2D eigenvalue weighted by Gasteiger charge is -2.08. The van der Waals surface area contributed by atoms with Crippen molar-refractivity contribution in [2.24, 2.45) is 5.73 Å². The Balaban J connectivity index is 3.32. The Bertz CT molecular complexity index is 76.8. The van der Waals surface area contributed by atoms with Gasteiger partial charge in [0.25, 0.3) is 0 Å². The molecule has 0 aromatic carbocycles. The highest BCUT2D eigenvalue weighted by atomic mass is 33.2. The number of rotatable bonds is 4. The van der Waals surface area contributed by atoms with Crippen molar-refractivity contribution in [3.05, 3.63) is 0 Å². The first-order valence-corrected chi connectivity index (χ1v) is 5.46. The Kier molecular flexibility index (Phi) is 5.76. The molecule has 0 saturated carbocycles. The van der Waals surface area contributed by atoms with Crippen LogP contribution in [0, 0.1) is 0 Å². The Morgan fingerprint density at radius 3 is 2.44 bits per heavy atom. The standard InChI is InChI=1S/C2H8BNO3S2/c4-1-2-8(6)9(7)3-5/h3,5H,1-2,4H2. The summed E-state index contributed by atoms with van der Waals surface area (Å²) in [6.45, 7) is -0.315. The van der Waals surface area contributed by atoms with E-state index in [4.69, 9.17) is 10.8 Å². The molecule has 2 atom stereocenters. The lowest BCUT2D eigenvalue weighted by atomic mass is 10.6. The highest BCUT2D eigenvalue weighted by Gasteiger charge is 2.23. The molecule has 0 heterocycles. The van der Waals surface area contributed by atoms with E-state index in [1.54, 1.807) is 0 Å². The summed E-state index contributed by atoms with van der Waals surface area (Å²) in [5, 5.41) is 8.20. The van der Waals surface area contributed by atoms with Gasteiger partial charge in [-0.3, -0.25) is 0 Å². The Labute approximate surface area is 59.7 Å². The lowest BCUT2D eigenvalue weighted by molar-refractivity contribution is 0.577. The van der Waals surface area contributed by atoms with Gasteiger partial charge in [0.15, 0.2) is 16.0 Å². The maximum absolute atomic E-state index is 10.5. The molecule has 0 bridgehead atoms. The summed E-state index contributed by atoms with van der Waals surface area (Å²) in [7, 11) is -3.09. The summed E-state index contributed by atoms with van der Waals surface area (Å²) >= 11 is 0. The van der Waals surface area contributed by atoms with E-state index < -0.39 is 27.0 Å². The normalized spacial score (nSPS) is 16.9. The van der Waals surface area contributed by atoms with Gasteiger partial charge in [0.05, 0.1) is 0 Å². The molecule has 4 nitrogen and oxygen atoms in total. The fourth-order valence-electron chi connectivity index (χ4n) is 0.248. The van der Waals surface area contributed by atoms with Gasteiger partial charge in [-0.05, 0) is 0 Å². The maximum Gasteiger partial charge on any atom is 0.607 e. The van der Waals surface area contributed by atoms with Gasteiger partial charge in [-0.2, -0.15) is 0 Å². The molecule has 0 amide bonds. The van der Waals surface area contributed by atoms with Crippen LogP contribution in [0.4, 0.5) is 0 Å². The Morgan fingerprint density at radius 2 is 2.11 bits per heavy atom. The Morgan fingerprint density at radius 1 is 1.56 bits per heavy atom. The minimum absolute atomic E-state index is 0.188. The quantitative estimate of drug-likeness (QED) is 0.279. The van der Waals surface area contributed by atoms with E-state index in [1.165, 1.54) is 0 Å². The third kappa shape index (κ3) is 4.07. The van der Waals surface area contributed by atoms with E-state index in [0.29, 0.717) is 0 Å². The summed E-state index contributed by atoms with van der Waals surface area (Å²) in [5.41, 5.74) is 5.01. The first-order valence-electron chi connectivity index (χ1n) is 2.30. The fraction of sp³-hybridized carbons (Fsp3) is 1.00. The molecule has 0 aromatic heterocycles. The molecule has 0 aliphatic heterocycles. The number of hydrogen-bond donors (Lipinski definition) is 2. The monoisotopic (exact) mass is 169 g/mol. The van der Waals surface area contributed by atoms with Crippen LogP contribution in [0.15, 0.2) is 0 Å². The zero-order chi connectivity index (χ0) is 7.28. The fourth-order valence-corrected chi connectivity index (χ4v) is 1.94. The minimum atomic E-state index is -1.62. The van der Waals surface area contributed by atoms with Crippen LogP contribution in [0.2, 0.25) is 0 Å². The van der Waals surface area contributed by atoms with Gasteiger partial charge in [-0.15, -0.1) is 0 Å².